The van der Waals surface area contributed by atoms with Crippen molar-refractivity contribution in [1.29, 1.82) is 0 Å². The molecule has 1 heterocycles. The predicted molar refractivity (Wildman–Crippen MR) is 148 cm³/mol. The van der Waals surface area contributed by atoms with E-state index in [0.29, 0.717) is 17.0 Å². The summed E-state index contributed by atoms with van der Waals surface area (Å²) in [4.78, 5) is 42.7. The molecule has 0 unspecified atom stereocenters. The molecular formula is C30H33N3O6. The second-order valence-electron chi connectivity index (χ2n) is 10.2. The maximum Gasteiger partial charge on any atom is 0.410 e. The maximum atomic E-state index is 13.7. The molecule has 1 saturated heterocycles. The van der Waals surface area contributed by atoms with Crippen molar-refractivity contribution in [1.82, 2.24) is 9.80 Å². The molecule has 1 fully saturated rings. The summed E-state index contributed by atoms with van der Waals surface area (Å²) in [6.07, 6.45) is -0.442. The van der Waals surface area contributed by atoms with Gasteiger partial charge in [-0.2, -0.15) is 0 Å². The highest BCUT2D eigenvalue weighted by Gasteiger charge is 2.31. The van der Waals surface area contributed by atoms with Crippen molar-refractivity contribution in [3.8, 4) is 22.6 Å². The number of nitrogens with one attached hydrogen (secondary N) is 1. The SMILES string of the molecule is COc1cccc(NC(=O)c2cc(-c3ccccc3)cc(O)c2C(=O)N2CCN(C(=O)OC(C)(C)C)CC2)c1. The number of phenolic OH excluding ortho intramolecular Hbond substituents is 1. The van der Waals surface area contributed by atoms with Crippen LogP contribution in [0.2, 0.25) is 0 Å². The van der Waals surface area contributed by atoms with E-state index in [2.05, 4.69) is 5.32 Å². The van der Waals surface area contributed by atoms with E-state index in [1.807, 2.05) is 30.3 Å². The number of aromatic hydroxyl groups is 1. The average Bonchev–Trinajstić information content (AvgIpc) is 2.92. The molecule has 1 aliphatic rings. The van der Waals surface area contributed by atoms with Crippen LogP contribution in [0.25, 0.3) is 11.1 Å². The summed E-state index contributed by atoms with van der Waals surface area (Å²) in [7, 11) is 1.53. The highest BCUT2D eigenvalue weighted by molar-refractivity contribution is 6.14. The Morgan fingerprint density at radius 2 is 1.51 bits per heavy atom. The summed E-state index contributed by atoms with van der Waals surface area (Å²) in [5.41, 5.74) is 1.18. The Morgan fingerprint density at radius 3 is 2.15 bits per heavy atom. The molecule has 4 rings (SSSR count). The fourth-order valence-corrected chi connectivity index (χ4v) is 4.30. The van der Waals surface area contributed by atoms with E-state index in [1.165, 1.54) is 18.1 Å². The Labute approximate surface area is 227 Å². The molecule has 2 N–H and O–H groups in total. The highest BCUT2D eigenvalue weighted by atomic mass is 16.6. The van der Waals surface area contributed by atoms with E-state index in [9.17, 15) is 19.5 Å². The first-order chi connectivity index (χ1) is 18.6. The van der Waals surface area contributed by atoms with Gasteiger partial charge in [0.1, 0.15) is 17.1 Å². The number of benzene rings is 3. The Balaban J connectivity index is 1.63. The van der Waals surface area contributed by atoms with E-state index in [0.717, 1.165) is 5.56 Å². The Morgan fingerprint density at radius 1 is 0.846 bits per heavy atom. The Kier molecular flexibility index (Phi) is 8.09. The number of nitrogens with zero attached hydrogens (tertiary/aromatic N) is 2. The lowest BCUT2D eigenvalue weighted by atomic mass is 9.96. The third kappa shape index (κ3) is 6.67. The van der Waals surface area contributed by atoms with Gasteiger partial charge in [0.15, 0.2) is 0 Å². The molecule has 3 aromatic rings. The number of hydrogen-bond donors (Lipinski definition) is 2. The van der Waals surface area contributed by atoms with Gasteiger partial charge in [0.25, 0.3) is 11.8 Å². The first-order valence-corrected chi connectivity index (χ1v) is 12.7. The van der Waals surface area contributed by atoms with Crippen LogP contribution in [0.3, 0.4) is 0 Å². The number of amides is 3. The monoisotopic (exact) mass is 531 g/mol. The van der Waals surface area contributed by atoms with Gasteiger partial charge in [-0.05, 0) is 56.2 Å². The number of anilines is 1. The molecule has 0 aliphatic carbocycles. The minimum Gasteiger partial charge on any atom is -0.507 e. The molecule has 1 aliphatic heterocycles. The van der Waals surface area contributed by atoms with E-state index in [1.54, 1.807) is 56.0 Å². The first-order valence-electron chi connectivity index (χ1n) is 12.7. The minimum absolute atomic E-state index is 0.0382. The lowest BCUT2D eigenvalue weighted by Gasteiger charge is -2.36. The number of ether oxygens (including phenoxy) is 2. The second kappa shape index (κ2) is 11.5. The van der Waals surface area contributed by atoms with Gasteiger partial charge in [-0.3, -0.25) is 9.59 Å². The molecule has 39 heavy (non-hydrogen) atoms. The van der Waals surface area contributed by atoms with Crippen molar-refractivity contribution < 1.29 is 29.0 Å². The van der Waals surface area contributed by atoms with Crippen LogP contribution in [0.4, 0.5) is 10.5 Å². The molecule has 0 aromatic heterocycles. The number of phenols is 1. The van der Waals surface area contributed by atoms with Crippen LogP contribution in [-0.4, -0.2) is 71.7 Å². The van der Waals surface area contributed by atoms with E-state index in [-0.39, 0.29) is 43.1 Å². The summed E-state index contributed by atoms with van der Waals surface area (Å²) in [6.45, 7) is 6.40. The third-order valence-corrected chi connectivity index (χ3v) is 6.23. The van der Waals surface area contributed by atoms with E-state index < -0.39 is 23.5 Å². The van der Waals surface area contributed by atoms with Crippen LogP contribution in [-0.2, 0) is 4.74 Å². The standard InChI is InChI=1S/C30H33N3O6/c1-30(2,3)39-29(37)33-15-13-32(14-16-33)28(36)26-24(27(35)31-22-11-8-12-23(19-22)38-4)17-21(18-25(26)34)20-9-6-5-7-10-20/h5-12,17-19,34H,13-16H2,1-4H3,(H,31,35). The number of piperazine rings is 1. The van der Waals surface area contributed by atoms with Gasteiger partial charge in [-0.15, -0.1) is 0 Å². The van der Waals surface area contributed by atoms with Crippen molar-refractivity contribution in [2.75, 3.05) is 38.6 Å². The summed E-state index contributed by atoms with van der Waals surface area (Å²) in [5, 5.41) is 13.9. The lowest BCUT2D eigenvalue weighted by molar-refractivity contribution is 0.0140. The van der Waals surface area contributed by atoms with Crippen molar-refractivity contribution in [2.45, 2.75) is 26.4 Å². The van der Waals surface area contributed by atoms with Gasteiger partial charge in [-0.1, -0.05) is 36.4 Å². The van der Waals surface area contributed by atoms with Crippen LogP contribution in [0.1, 0.15) is 41.5 Å². The van der Waals surface area contributed by atoms with Crippen molar-refractivity contribution in [3.05, 3.63) is 77.9 Å². The van der Waals surface area contributed by atoms with Crippen molar-refractivity contribution in [3.63, 3.8) is 0 Å². The third-order valence-electron chi connectivity index (χ3n) is 6.23. The second-order valence-corrected chi connectivity index (χ2v) is 10.2. The van der Waals surface area contributed by atoms with Crippen molar-refractivity contribution in [2.24, 2.45) is 0 Å². The highest BCUT2D eigenvalue weighted by Crippen LogP contribution is 2.32. The minimum atomic E-state index is -0.624. The zero-order valence-electron chi connectivity index (χ0n) is 22.6. The van der Waals surface area contributed by atoms with E-state index in [4.69, 9.17) is 9.47 Å². The topological polar surface area (TPSA) is 108 Å². The Hall–Kier alpha value is -4.53. The lowest BCUT2D eigenvalue weighted by Crippen LogP contribution is -2.51. The zero-order valence-corrected chi connectivity index (χ0v) is 22.6. The molecular weight excluding hydrogens is 498 g/mol. The predicted octanol–water partition coefficient (Wildman–Crippen LogP) is 5.01. The van der Waals surface area contributed by atoms with E-state index >= 15 is 0 Å². The van der Waals surface area contributed by atoms with Crippen LogP contribution in [0.15, 0.2) is 66.7 Å². The summed E-state index contributed by atoms with van der Waals surface area (Å²) < 4.78 is 10.7. The van der Waals surface area contributed by atoms with Gasteiger partial charge in [0, 0.05) is 37.9 Å². The van der Waals surface area contributed by atoms with Gasteiger partial charge >= 0.3 is 6.09 Å². The van der Waals surface area contributed by atoms with Crippen LogP contribution < -0.4 is 10.1 Å². The first kappa shape index (κ1) is 27.5. The number of rotatable bonds is 5. The molecule has 0 radical (unpaired) electrons. The van der Waals surface area contributed by atoms with Gasteiger partial charge in [-0.25, -0.2) is 4.79 Å². The summed E-state index contributed by atoms with van der Waals surface area (Å²) in [5.74, 6) is -0.779. The maximum absolute atomic E-state index is 13.7. The smallest absolute Gasteiger partial charge is 0.410 e. The van der Waals surface area contributed by atoms with Crippen molar-refractivity contribution >= 4 is 23.6 Å². The van der Waals surface area contributed by atoms with Crippen LogP contribution in [0.5, 0.6) is 11.5 Å². The fourth-order valence-electron chi connectivity index (χ4n) is 4.30. The summed E-state index contributed by atoms with van der Waals surface area (Å²) >= 11 is 0. The van der Waals surface area contributed by atoms with Crippen LogP contribution in [0, 0.1) is 0 Å². The molecule has 0 atom stereocenters. The quantitative estimate of drug-likeness (QED) is 0.479. The normalized spacial score (nSPS) is 13.5. The molecule has 9 nitrogen and oxygen atoms in total. The average molecular weight is 532 g/mol. The number of hydrogen-bond acceptors (Lipinski definition) is 6. The van der Waals surface area contributed by atoms with Gasteiger partial charge in [0.05, 0.1) is 18.2 Å². The fraction of sp³-hybridized carbons (Fsp3) is 0.300. The largest absolute Gasteiger partial charge is 0.507 e. The molecule has 0 spiro atoms. The zero-order chi connectivity index (χ0) is 28.2. The number of methoxy groups -OCH3 is 1. The number of carbonyl (C=O) groups is 3. The summed E-state index contributed by atoms with van der Waals surface area (Å²) in [6, 6.07) is 19.2. The molecule has 204 valence electrons. The molecule has 0 bridgehead atoms. The Bertz CT molecular complexity index is 1360. The molecule has 3 amide bonds. The van der Waals surface area contributed by atoms with Crippen LogP contribution >= 0.6 is 0 Å². The molecule has 3 aromatic carbocycles. The molecule has 0 saturated carbocycles. The van der Waals surface area contributed by atoms with Gasteiger partial charge < -0.3 is 29.7 Å². The van der Waals surface area contributed by atoms with Gasteiger partial charge in [0.2, 0.25) is 0 Å². The number of carbonyl (C=O) groups excluding carboxylic acids is 3. The molecule has 9 heteroatoms.